The quantitative estimate of drug-likeness (QED) is 0.655. The number of benzene rings is 2. The average Bonchev–Trinajstić information content (AvgIpc) is 3.18. The lowest BCUT2D eigenvalue weighted by atomic mass is 10.1. The van der Waals surface area contributed by atoms with Gasteiger partial charge in [-0.05, 0) is 68.6 Å². The smallest absolute Gasteiger partial charge is 0.241 e. The fraction of sp³-hybridized carbons (Fsp3) is 0.409. The Hall–Kier alpha value is -1.79. The van der Waals surface area contributed by atoms with Crippen LogP contribution in [0.15, 0.2) is 48.5 Å². The van der Waals surface area contributed by atoms with Crippen LogP contribution in [0.5, 0.6) is 5.75 Å². The first-order valence-corrected chi connectivity index (χ1v) is 9.68. The first-order chi connectivity index (χ1) is 13.1. The normalized spacial score (nSPS) is 14.4. The lowest BCUT2D eigenvalue weighted by Gasteiger charge is -2.17. The Bertz CT molecular complexity index is 753. The third kappa shape index (κ3) is 7.86. The van der Waals surface area contributed by atoms with Crippen molar-refractivity contribution in [1.82, 2.24) is 4.90 Å². The van der Waals surface area contributed by atoms with Crippen LogP contribution in [0.2, 0.25) is 0 Å². The van der Waals surface area contributed by atoms with E-state index in [1.54, 1.807) is 0 Å². The fourth-order valence-electron chi connectivity index (χ4n) is 3.38. The van der Waals surface area contributed by atoms with Gasteiger partial charge in [-0.1, -0.05) is 30.3 Å². The zero-order valence-corrected chi connectivity index (χ0v) is 18.4. The zero-order valence-electron chi connectivity index (χ0n) is 16.8. The number of rotatable bonds is 8. The van der Waals surface area contributed by atoms with Crippen LogP contribution >= 0.6 is 24.8 Å². The monoisotopic (exact) mass is 439 g/mol. The van der Waals surface area contributed by atoms with Gasteiger partial charge in [-0.2, -0.15) is 0 Å². The molecule has 1 fully saturated rings. The average molecular weight is 440 g/mol. The minimum absolute atomic E-state index is 0. The molecule has 160 valence electrons. The summed E-state index contributed by atoms with van der Waals surface area (Å²) in [6, 6.07) is 14.9. The summed E-state index contributed by atoms with van der Waals surface area (Å²) >= 11 is 0. The summed E-state index contributed by atoms with van der Waals surface area (Å²) in [7, 11) is 0. The van der Waals surface area contributed by atoms with Crippen molar-refractivity contribution in [2.45, 2.75) is 32.2 Å². The van der Waals surface area contributed by atoms with Crippen molar-refractivity contribution >= 4 is 36.4 Å². The second-order valence-corrected chi connectivity index (χ2v) is 7.16. The van der Waals surface area contributed by atoms with E-state index in [-0.39, 0.29) is 30.7 Å². The lowest BCUT2D eigenvalue weighted by molar-refractivity contribution is -0.117. The number of carbonyl (C=O) groups is 1. The first-order valence-electron chi connectivity index (χ1n) is 9.68. The number of nitrogens with two attached hydrogens (primary N) is 1. The third-order valence-electron chi connectivity index (χ3n) is 4.94. The van der Waals surface area contributed by atoms with Crippen LogP contribution in [-0.4, -0.2) is 43.1 Å². The molecule has 1 amide bonds. The van der Waals surface area contributed by atoms with Gasteiger partial charge in [0.05, 0.1) is 6.04 Å². The molecule has 3 N–H and O–H groups in total. The number of nitrogens with one attached hydrogen (secondary N) is 1. The van der Waals surface area contributed by atoms with E-state index in [4.69, 9.17) is 10.5 Å². The molecule has 3 rings (SSSR count). The van der Waals surface area contributed by atoms with Crippen molar-refractivity contribution in [3.05, 3.63) is 59.7 Å². The summed E-state index contributed by atoms with van der Waals surface area (Å²) in [6.07, 6.45) is 3.10. The maximum absolute atomic E-state index is 12.4. The third-order valence-corrected chi connectivity index (χ3v) is 4.94. The van der Waals surface area contributed by atoms with Crippen LogP contribution in [0.4, 0.5) is 5.69 Å². The molecular weight excluding hydrogens is 409 g/mol. The van der Waals surface area contributed by atoms with Crippen molar-refractivity contribution in [3.63, 3.8) is 0 Å². The highest BCUT2D eigenvalue weighted by atomic mass is 35.5. The molecule has 7 heteroatoms. The van der Waals surface area contributed by atoms with E-state index in [1.807, 2.05) is 55.5 Å². The number of carbonyl (C=O) groups excluding carboxylic acids is 1. The van der Waals surface area contributed by atoms with Crippen molar-refractivity contribution in [3.8, 4) is 5.75 Å². The van der Waals surface area contributed by atoms with Gasteiger partial charge in [-0.3, -0.25) is 9.69 Å². The summed E-state index contributed by atoms with van der Waals surface area (Å²) in [5, 5.41) is 2.90. The lowest BCUT2D eigenvalue weighted by Crippen LogP contribution is -2.37. The van der Waals surface area contributed by atoms with Crippen molar-refractivity contribution in [2.75, 3.05) is 31.6 Å². The summed E-state index contributed by atoms with van der Waals surface area (Å²) < 4.78 is 5.91. The maximum Gasteiger partial charge on any atom is 0.241 e. The molecule has 0 saturated carbocycles. The number of hydrogen-bond donors (Lipinski definition) is 2. The predicted molar refractivity (Wildman–Crippen MR) is 124 cm³/mol. The van der Waals surface area contributed by atoms with Crippen LogP contribution < -0.4 is 15.8 Å². The number of likely N-dealkylation sites (tertiary alicyclic amines) is 1. The number of ether oxygens (including phenoxy) is 1. The molecule has 2 aromatic rings. The molecule has 0 spiro atoms. The van der Waals surface area contributed by atoms with Crippen LogP contribution in [0.25, 0.3) is 0 Å². The summed E-state index contributed by atoms with van der Waals surface area (Å²) in [5.41, 5.74) is 8.85. The van der Waals surface area contributed by atoms with Crippen LogP contribution in [0, 0.1) is 6.92 Å². The number of halogens is 2. The number of amides is 1. The van der Waals surface area contributed by atoms with Crippen LogP contribution in [-0.2, 0) is 11.2 Å². The van der Waals surface area contributed by atoms with Gasteiger partial charge < -0.3 is 15.8 Å². The van der Waals surface area contributed by atoms with Gasteiger partial charge in [0.2, 0.25) is 5.91 Å². The molecular formula is C22H31Cl2N3O2. The van der Waals surface area contributed by atoms with Gasteiger partial charge in [0.15, 0.2) is 0 Å². The van der Waals surface area contributed by atoms with Crippen molar-refractivity contribution in [2.24, 2.45) is 5.73 Å². The second kappa shape index (κ2) is 12.7. The largest absolute Gasteiger partial charge is 0.492 e. The molecule has 0 aromatic heterocycles. The van der Waals surface area contributed by atoms with Gasteiger partial charge >= 0.3 is 0 Å². The summed E-state index contributed by atoms with van der Waals surface area (Å²) in [5.74, 6) is 0.682. The molecule has 1 aliphatic heterocycles. The van der Waals surface area contributed by atoms with Gasteiger partial charge in [0.1, 0.15) is 12.4 Å². The van der Waals surface area contributed by atoms with Crippen LogP contribution in [0.3, 0.4) is 0 Å². The Labute approximate surface area is 185 Å². The highest BCUT2D eigenvalue weighted by Crippen LogP contribution is 2.22. The van der Waals surface area contributed by atoms with E-state index in [2.05, 4.69) is 10.2 Å². The summed E-state index contributed by atoms with van der Waals surface area (Å²) in [4.78, 5) is 14.8. The Morgan fingerprint density at radius 2 is 1.83 bits per heavy atom. The Kier molecular flexibility index (Phi) is 11.1. The highest BCUT2D eigenvalue weighted by Gasteiger charge is 2.15. The van der Waals surface area contributed by atoms with E-state index in [0.29, 0.717) is 13.0 Å². The van der Waals surface area contributed by atoms with Crippen molar-refractivity contribution in [1.29, 1.82) is 0 Å². The molecule has 1 unspecified atom stereocenters. The first kappa shape index (κ1) is 25.2. The molecule has 0 bridgehead atoms. The predicted octanol–water partition coefficient (Wildman–Crippen LogP) is 3.82. The van der Waals surface area contributed by atoms with E-state index < -0.39 is 6.04 Å². The van der Waals surface area contributed by atoms with E-state index in [0.717, 1.165) is 29.1 Å². The SMILES string of the molecule is Cc1cc(NC(=O)C(N)Cc2ccccc2)ccc1OCCN1CCCC1.Cl.Cl. The molecule has 29 heavy (non-hydrogen) atoms. The van der Waals surface area contributed by atoms with Gasteiger partial charge in [-0.15, -0.1) is 24.8 Å². The minimum atomic E-state index is -0.580. The van der Waals surface area contributed by atoms with Gasteiger partial charge in [0, 0.05) is 12.2 Å². The topological polar surface area (TPSA) is 67.6 Å². The molecule has 0 aliphatic carbocycles. The van der Waals surface area contributed by atoms with E-state index in [9.17, 15) is 4.79 Å². The Morgan fingerprint density at radius 3 is 2.48 bits per heavy atom. The molecule has 5 nitrogen and oxygen atoms in total. The zero-order chi connectivity index (χ0) is 19.1. The fourth-order valence-corrected chi connectivity index (χ4v) is 3.38. The molecule has 1 atom stereocenters. The minimum Gasteiger partial charge on any atom is -0.492 e. The number of nitrogens with zero attached hydrogens (tertiary/aromatic N) is 1. The van der Waals surface area contributed by atoms with Gasteiger partial charge in [-0.25, -0.2) is 0 Å². The Balaban J connectivity index is 0.00000210. The molecule has 2 aromatic carbocycles. The summed E-state index contributed by atoms with van der Waals surface area (Å²) in [6.45, 7) is 6.00. The number of hydrogen-bond acceptors (Lipinski definition) is 4. The standard InChI is InChI=1S/C22H29N3O2.2ClH/c1-17-15-19(9-10-21(17)27-14-13-25-11-5-6-12-25)24-22(26)20(23)16-18-7-3-2-4-8-18;;/h2-4,7-10,15,20H,5-6,11-14,16,23H2,1H3,(H,24,26);2*1H. The maximum atomic E-state index is 12.4. The van der Waals surface area contributed by atoms with Crippen LogP contribution in [0.1, 0.15) is 24.0 Å². The highest BCUT2D eigenvalue weighted by molar-refractivity contribution is 5.95. The molecule has 1 saturated heterocycles. The molecule has 1 aliphatic rings. The van der Waals surface area contributed by atoms with E-state index in [1.165, 1.54) is 25.9 Å². The van der Waals surface area contributed by atoms with Crippen molar-refractivity contribution < 1.29 is 9.53 Å². The Morgan fingerprint density at radius 1 is 1.14 bits per heavy atom. The van der Waals surface area contributed by atoms with Gasteiger partial charge in [0.25, 0.3) is 0 Å². The number of aryl methyl sites for hydroxylation is 1. The second-order valence-electron chi connectivity index (χ2n) is 7.16. The molecule has 1 heterocycles. The number of anilines is 1. The van der Waals surface area contributed by atoms with E-state index >= 15 is 0 Å². The molecule has 0 radical (unpaired) electrons.